The highest BCUT2D eigenvalue weighted by atomic mass is 16.2. The molecule has 1 amide bonds. The quantitative estimate of drug-likeness (QED) is 0.471. The van der Waals surface area contributed by atoms with E-state index in [-0.39, 0.29) is 29.1 Å². The van der Waals surface area contributed by atoms with Gasteiger partial charge >= 0.3 is 0 Å². The minimum atomic E-state index is -0.228. The Bertz CT molecular complexity index is 1330. The molecule has 4 aromatic rings. The second kappa shape index (κ2) is 7.74. The number of rotatable bonds is 7. The molecule has 1 aliphatic rings. The van der Waals surface area contributed by atoms with Gasteiger partial charge in [-0.25, -0.2) is 14.5 Å². The Balaban J connectivity index is 1.50. The van der Waals surface area contributed by atoms with Gasteiger partial charge in [0, 0.05) is 37.9 Å². The second-order valence-corrected chi connectivity index (χ2v) is 8.45. The molecule has 11 nitrogen and oxygen atoms in total. The van der Waals surface area contributed by atoms with Crippen LogP contribution in [0.15, 0.2) is 35.9 Å². The maximum atomic E-state index is 13.3. The number of aromatic amines is 1. The average molecular weight is 435 g/mol. The highest BCUT2D eigenvalue weighted by Gasteiger charge is 2.31. The van der Waals surface area contributed by atoms with Crippen LogP contribution in [0.25, 0.3) is 28.4 Å². The first kappa shape index (κ1) is 20.2. The van der Waals surface area contributed by atoms with Gasteiger partial charge in [-0.3, -0.25) is 18.8 Å². The Morgan fingerprint density at radius 2 is 2.09 bits per heavy atom. The van der Waals surface area contributed by atoms with Gasteiger partial charge in [-0.2, -0.15) is 5.10 Å². The summed E-state index contributed by atoms with van der Waals surface area (Å²) in [6, 6.07) is -0.119. The fraction of sp³-hybridized carbons (Fsp3) is 0.429. The SMILES string of the molecule is CC(C)n1c(-c2cnn(CCN(C)C(=O)C3CC3)c2)nn2c(-c3c[nH]cn3)cnc2c1=O. The molecule has 0 saturated heterocycles. The van der Waals surface area contributed by atoms with E-state index in [2.05, 4.69) is 20.1 Å². The van der Waals surface area contributed by atoms with Gasteiger partial charge in [0.15, 0.2) is 5.82 Å². The Morgan fingerprint density at radius 1 is 1.28 bits per heavy atom. The maximum absolute atomic E-state index is 13.3. The number of imidazole rings is 2. The molecule has 1 aliphatic carbocycles. The van der Waals surface area contributed by atoms with Crippen LogP contribution in [-0.2, 0) is 11.3 Å². The van der Waals surface area contributed by atoms with Gasteiger partial charge in [0.1, 0.15) is 11.4 Å². The van der Waals surface area contributed by atoms with E-state index >= 15 is 0 Å². The third-order valence-corrected chi connectivity index (χ3v) is 5.71. The first-order chi connectivity index (χ1) is 15.4. The van der Waals surface area contributed by atoms with Crippen molar-refractivity contribution in [3.05, 3.63) is 41.5 Å². The van der Waals surface area contributed by atoms with Crippen LogP contribution in [0.5, 0.6) is 0 Å². The highest BCUT2D eigenvalue weighted by Crippen LogP contribution is 2.30. The molecule has 1 fully saturated rings. The monoisotopic (exact) mass is 435 g/mol. The number of aromatic nitrogens is 8. The summed E-state index contributed by atoms with van der Waals surface area (Å²) in [6.07, 6.45) is 10.4. The summed E-state index contributed by atoms with van der Waals surface area (Å²) in [5.41, 5.74) is 2.01. The van der Waals surface area contributed by atoms with Crippen molar-refractivity contribution < 1.29 is 4.79 Å². The summed E-state index contributed by atoms with van der Waals surface area (Å²) in [7, 11) is 1.83. The summed E-state index contributed by atoms with van der Waals surface area (Å²) in [5.74, 6) is 0.897. The molecule has 0 atom stereocenters. The second-order valence-electron chi connectivity index (χ2n) is 8.45. The smallest absolute Gasteiger partial charge is 0.297 e. The van der Waals surface area contributed by atoms with E-state index in [0.717, 1.165) is 18.4 Å². The van der Waals surface area contributed by atoms with Crippen molar-refractivity contribution in [1.29, 1.82) is 0 Å². The Kier molecular flexibility index (Phi) is 4.87. The number of hydrogen-bond acceptors (Lipinski definition) is 6. The third-order valence-electron chi connectivity index (χ3n) is 5.71. The first-order valence-electron chi connectivity index (χ1n) is 10.7. The number of amides is 1. The van der Waals surface area contributed by atoms with Crippen LogP contribution in [0.2, 0.25) is 0 Å². The summed E-state index contributed by atoms with van der Waals surface area (Å²) < 4.78 is 4.93. The van der Waals surface area contributed by atoms with Crippen molar-refractivity contribution in [2.75, 3.05) is 13.6 Å². The van der Waals surface area contributed by atoms with E-state index in [1.165, 1.54) is 4.52 Å². The average Bonchev–Trinajstić information content (AvgIpc) is 3.16. The van der Waals surface area contributed by atoms with Crippen molar-refractivity contribution >= 4 is 11.6 Å². The van der Waals surface area contributed by atoms with Crippen LogP contribution in [-0.4, -0.2) is 63.3 Å². The number of nitrogens with one attached hydrogen (secondary N) is 1. The first-order valence-corrected chi connectivity index (χ1v) is 10.7. The van der Waals surface area contributed by atoms with Crippen LogP contribution in [0.4, 0.5) is 0 Å². The minimum absolute atomic E-state index is 0.119. The Labute approximate surface area is 183 Å². The Hall–Kier alpha value is -3.76. The predicted molar refractivity (Wildman–Crippen MR) is 117 cm³/mol. The molecular formula is C21H25N9O2. The molecule has 1 saturated carbocycles. The number of nitrogens with zero attached hydrogens (tertiary/aromatic N) is 8. The van der Waals surface area contributed by atoms with Crippen molar-refractivity contribution in [1.82, 2.24) is 43.8 Å². The summed E-state index contributed by atoms with van der Waals surface area (Å²) in [4.78, 5) is 38.7. The van der Waals surface area contributed by atoms with Gasteiger partial charge in [-0.1, -0.05) is 0 Å². The van der Waals surface area contributed by atoms with Gasteiger partial charge in [0.2, 0.25) is 11.6 Å². The lowest BCUT2D eigenvalue weighted by molar-refractivity contribution is -0.131. The highest BCUT2D eigenvalue weighted by molar-refractivity contribution is 5.80. The minimum Gasteiger partial charge on any atom is -0.351 e. The lowest BCUT2D eigenvalue weighted by Crippen LogP contribution is -2.31. The summed E-state index contributed by atoms with van der Waals surface area (Å²) in [6.45, 7) is 5.00. The number of hydrogen-bond donors (Lipinski definition) is 1. The van der Waals surface area contributed by atoms with Gasteiger partial charge in [0.25, 0.3) is 5.56 Å². The Morgan fingerprint density at radius 3 is 2.78 bits per heavy atom. The molecular weight excluding hydrogens is 410 g/mol. The van der Waals surface area contributed by atoms with Gasteiger partial charge in [-0.15, -0.1) is 5.10 Å². The van der Waals surface area contributed by atoms with Crippen molar-refractivity contribution in [2.45, 2.75) is 39.3 Å². The summed E-state index contributed by atoms with van der Waals surface area (Å²) >= 11 is 0. The molecule has 166 valence electrons. The molecule has 0 aliphatic heterocycles. The number of H-pyrrole nitrogens is 1. The molecule has 0 radical (unpaired) electrons. The van der Waals surface area contributed by atoms with Crippen molar-refractivity contribution in [3.8, 4) is 22.8 Å². The number of fused-ring (bicyclic) bond motifs is 1. The normalized spacial score (nSPS) is 13.9. The molecule has 0 bridgehead atoms. The number of likely N-dealkylation sites (N-methyl/N-ethyl adjacent to an activating group) is 1. The molecule has 1 N–H and O–H groups in total. The molecule has 4 heterocycles. The van der Waals surface area contributed by atoms with Crippen LogP contribution < -0.4 is 5.56 Å². The van der Waals surface area contributed by atoms with E-state index in [0.29, 0.717) is 30.3 Å². The van der Waals surface area contributed by atoms with Gasteiger partial charge < -0.3 is 9.88 Å². The molecule has 0 spiro atoms. The van der Waals surface area contributed by atoms with E-state index in [1.807, 2.05) is 27.1 Å². The molecule has 32 heavy (non-hydrogen) atoms. The van der Waals surface area contributed by atoms with E-state index in [4.69, 9.17) is 5.10 Å². The lowest BCUT2D eigenvalue weighted by Gasteiger charge is -2.16. The fourth-order valence-electron chi connectivity index (χ4n) is 3.80. The molecule has 0 unspecified atom stereocenters. The molecule has 5 rings (SSSR count). The van der Waals surface area contributed by atoms with Gasteiger partial charge in [0.05, 0.1) is 30.8 Å². The van der Waals surface area contributed by atoms with E-state index in [1.54, 1.807) is 39.1 Å². The zero-order valence-electron chi connectivity index (χ0n) is 18.3. The molecule has 4 aromatic heterocycles. The van der Waals surface area contributed by atoms with Crippen LogP contribution in [0, 0.1) is 5.92 Å². The van der Waals surface area contributed by atoms with Crippen LogP contribution in [0.3, 0.4) is 0 Å². The zero-order chi connectivity index (χ0) is 22.4. The van der Waals surface area contributed by atoms with Crippen molar-refractivity contribution in [2.24, 2.45) is 5.92 Å². The fourth-order valence-corrected chi connectivity index (χ4v) is 3.80. The van der Waals surface area contributed by atoms with Crippen LogP contribution >= 0.6 is 0 Å². The van der Waals surface area contributed by atoms with Crippen molar-refractivity contribution in [3.63, 3.8) is 0 Å². The van der Waals surface area contributed by atoms with Crippen LogP contribution in [0.1, 0.15) is 32.7 Å². The standard InChI is InChI=1S/C21H25N9O2/c1-13(2)29-18(15-8-25-28(11-15)7-6-27(3)20(31)14-4-5-14)26-30-17(16-9-22-12-24-16)10-23-19(30)21(29)32/h8-14H,4-7H2,1-3H3,(H,22,24). The number of carbonyl (C=O) groups excluding carboxylic acids is 1. The predicted octanol–water partition coefficient (Wildman–Crippen LogP) is 1.59. The molecule has 11 heteroatoms. The third kappa shape index (κ3) is 3.49. The largest absolute Gasteiger partial charge is 0.351 e. The van der Waals surface area contributed by atoms with E-state index < -0.39 is 0 Å². The zero-order valence-corrected chi connectivity index (χ0v) is 18.3. The number of carbonyl (C=O) groups is 1. The van der Waals surface area contributed by atoms with E-state index in [9.17, 15) is 9.59 Å². The lowest BCUT2D eigenvalue weighted by atomic mass is 10.3. The summed E-state index contributed by atoms with van der Waals surface area (Å²) in [5, 5.41) is 9.19. The molecule has 0 aromatic carbocycles. The van der Waals surface area contributed by atoms with Gasteiger partial charge in [-0.05, 0) is 26.7 Å². The maximum Gasteiger partial charge on any atom is 0.297 e. The topological polar surface area (TPSA) is 119 Å².